The zero-order valence-electron chi connectivity index (χ0n) is 18.2. The Labute approximate surface area is 186 Å². The molecule has 0 aliphatic carbocycles. The molecule has 2 heterocycles. The van der Waals surface area contributed by atoms with E-state index >= 15 is 0 Å². The van der Waals surface area contributed by atoms with Gasteiger partial charge < -0.3 is 5.11 Å². The van der Waals surface area contributed by atoms with E-state index in [1.807, 2.05) is 7.05 Å². The molecule has 0 saturated carbocycles. The van der Waals surface area contributed by atoms with Crippen molar-refractivity contribution in [3.05, 3.63) is 66.2 Å². The normalized spacial score (nSPS) is 24.1. The third kappa shape index (κ3) is 5.35. The number of nitrogens with zero attached hydrogens (tertiary/aromatic N) is 3. The number of hydrogen-bond acceptors (Lipinski definition) is 5. The maximum atomic E-state index is 12.9. The van der Waals surface area contributed by atoms with Crippen LogP contribution in [-0.4, -0.2) is 79.5 Å². The fourth-order valence-corrected chi connectivity index (χ4v) is 6.31. The summed E-state index contributed by atoms with van der Waals surface area (Å²) in [4.78, 5) is 4.96. The lowest BCUT2D eigenvalue weighted by molar-refractivity contribution is 0.0755. The molecule has 2 fully saturated rings. The highest BCUT2D eigenvalue weighted by Crippen LogP contribution is 2.26. The van der Waals surface area contributed by atoms with Crippen LogP contribution in [0.15, 0.2) is 65.6 Å². The molecule has 0 bridgehead atoms. The van der Waals surface area contributed by atoms with Gasteiger partial charge in [0.1, 0.15) is 0 Å². The van der Waals surface area contributed by atoms with E-state index in [-0.39, 0.29) is 17.5 Å². The summed E-state index contributed by atoms with van der Waals surface area (Å²) < 4.78 is 27.3. The molecule has 2 aliphatic rings. The van der Waals surface area contributed by atoms with Crippen molar-refractivity contribution >= 4 is 10.0 Å². The van der Waals surface area contributed by atoms with E-state index in [9.17, 15) is 13.5 Å². The predicted octanol–water partition coefficient (Wildman–Crippen LogP) is 2.26. The van der Waals surface area contributed by atoms with Crippen LogP contribution in [0.4, 0.5) is 0 Å². The van der Waals surface area contributed by atoms with Crippen LogP contribution in [0.2, 0.25) is 0 Å². The molecule has 2 atom stereocenters. The van der Waals surface area contributed by atoms with Gasteiger partial charge in [-0.3, -0.25) is 9.80 Å². The molecule has 0 radical (unpaired) electrons. The smallest absolute Gasteiger partial charge is 0.243 e. The van der Waals surface area contributed by atoms with Crippen LogP contribution in [0.25, 0.3) is 0 Å². The van der Waals surface area contributed by atoms with Gasteiger partial charge >= 0.3 is 0 Å². The Morgan fingerprint density at radius 3 is 2.23 bits per heavy atom. The first kappa shape index (κ1) is 22.4. The molecule has 1 N–H and O–H groups in total. The Hall–Kier alpha value is -1.77. The van der Waals surface area contributed by atoms with Gasteiger partial charge in [0.05, 0.1) is 17.0 Å². The number of rotatable bonds is 7. The number of likely N-dealkylation sites (tertiary alicyclic amines) is 1. The van der Waals surface area contributed by atoms with Gasteiger partial charge in [-0.25, -0.2) is 8.42 Å². The quantitative estimate of drug-likeness (QED) is 0.711. The first-order valence-electron chi connectivity index (χ1n) is 11.1. The molecule has 0 spiro atoms. The molecule has 2 aromatic carbocycles. The van der Waals surface area contributed by atoms with Crippen LogP contribution < -0.4 is 0 Å². The maximum absolute atomic E-state index is 12.9. The van der Waals surface area contributed by atoms with Crippen molar-refractivity contribution in [1.82, 2.24) is 14.1 Å². The van der Waals surface area contributed by atoms with Gasteiger partial charge in [0, 0.05) is 26.2 Å². The number of aliphatic hydroxyl groups is 1. The molecule has 168 valence electrons. The van der Waals surface area contributed by atoms with Crippen molar-refractivity contribution in [2.45, 2.75) is 36.4 Å². The Morgan fingerprint density at radius 1 is 0.968 bits per heavy atom. The number of benzene rings is 2. The molecule has 0 aromatic heterocycles. The predicted molar refractivity (Wildman–Crippen MR) is 122 cm³/mol. The van der Waals surface area contributed by atoms with Crippen molar-refractivity contribution in [1.29, 1.82) is 0 Å². The lowest BCUT2D eigenvalue weighted by Gasteiger charge is -2.36. The van der Waals surface area contributed by atoms with E-state index in [1.54, 1.807) is 30.3 Å². The monoisotopic (exact) mass is 443 g/mol. The molecule has 4 rings (SSSR count). The third-order valence-corrected chi connectivity index (χ3v) is 8.52. The SMILES string of the molecule is CN(CC1CCN(Cc2ccccc2)CC1)[C@H]1CN(S(=O)(=O)c2ccccc2)C[C@@H]1O. The van der Waals surface area contributed by atoms with E-state index < -0.39 is 16.1 Å². The van der Waals surface area contributed by atoms with Crippen LogP contribution in [-0.2, 0) is 16.6 Å². The van der Waals surface area contributed by atoms with Gasteiger partial charge in [0.2, 0.25) is 10.0 Å². The highest BCUT2D eigenvalue weighted by atomic mass is 32.2. The lowest BCUT2D eigenvalue weighted by Crippen LogP contribution is -2.45. The second-order valence-electron chi connectivity index (χ2n) is 8.91. The van der Waals surface area contributed by atoms with Gasteiger partial charge in [0.15, 0.2) is 0 Å². The molecule has 2 aromatic rings. The van der Waals surface area contributed by atoms with Crippen LogP contribution >= 0.6 is 0 Å². The molecule has 0 amide bonds. The summed E-state index contributed by atoms with van der Waals surface area (Å²) in [6.07, 6.45) is 1.60. The first-order chi connectivity index (χ1) is 14.9. The van der Waals surface area contributed by atoms with Gasteiger partial charge in [-0.2, -0.15) is 4.31 Å². The van der Waals surface area contributed by atoms with Crippen molar-refractivity contribution in [2.75, 3.05) is 39.8 Å². The second-order valence-corrected chi connectivity index (χ2v) is 10.9. The Bertz CT molecular complexity index is 931. The molecule has 31 heavy (non-hydrogen) atoms. The van der Waals surface area contributed by atoms with Crippen molar-refractivity contribution in [3.8, 4) is 0 Å². The molecule has 6 nitrogen and oxygen atoms in total. The van der Waals surface area contributed by atoms with E-state index in [1.165, 1.54) is 9.87 Å². The maximum Gasteiger partial charge on any atom is 0.243 e. The van der Waals surface area contributed by atoms with E-state index in [2.05, 4.69) is 40.1 Å². The van der Waals surface area contributed by atoms with E-state index in [4.69, 9.17) is 0 Å². The van der Waals surface area contributed by atoms with Gasteiger partial charge in [-0.1, -0.05) is 48.5 Å². The average molecular weight is 444 g/mol. The summed E-state index contributed by atoms with van der Waals surface area (Å²) in [7, 11) is -1.55. The number of β-amino-alcohol motifs (C(OH)–C–C–N with tert-alkyl or cyclic N) is 1. The highest BCUT2D eigenvalue weighted by Gasteiger charge is 2.40. The van der Waals surface area contributed by atoms with Crippen LogP contribution in [0.1, 0.15) is 18.4 Å². The molecule has 2 saturated heterocycles. The minimum absolute atomic E-state index is 0.155. The molecule has 2 aliphatic heterocycles. The molecule has 7 heteroatoms. The van der Waals surface area contributed by atoms with Crippen LogP contribution in [0.3, 0.4) is 0 Å². The molecular weight excluding hydrogens is 410 g/mol. The number of sulfonamides is 1. The standard InChI is InChI=1S/C24H33N3O3S/c1-25(16-21-12-14-26(15-13-21)17-20-8-4-2-5-9-20)23-18-27(19-24(23)28)31(29,30)22-10-6-3-7-11-22/h2-11,21,23-24,28H,12-19H2,1H3/t23-,24-/m0/s1. The largest absolute Gasteiger partial charge is 0.390 e. The first-order valence-corrected chi connectivity index (χ1v) is 12.6. The van der Waals surface area contributed by atoms with Crippen molar-refractivity contribution < 1.29 is 13.5 Å². The summed E-state index contributed by atoms with van der Waals surface area (Å²) in [5.74, 6) is 0.573. The minimum Gasteiger partial charge on any atom is -0.390 e. The van der Waals surface area contributed by atoms with Gasteiger partial charge in [-0.15, -0.1) is 0 Å². The second kappa shape index (κ2) is 9.79. The topological polar surface area (TPSA) is 64.1 Å². The fourth-order valence-electron chi connectivity index (χ4n) is 4.82. The third-order valence-electron chi connectivity index (χ3n) is 6.68. The summed E-state index contributed by atoms with van der Waals surface area (Å²) in [5, 5.41) is 10.6. The molecular formula is C24H33N3O3S. The average Bonchev–Trinajstić information content (AvgIpc) is 3.19. The Balaban J connectivity index is 1.29. The van der Waals surface area contributed by atoms with Crippen LogP contribution in [0.5, 0.6) is 0 Å². The lowest BCUT2D eigenvalue weighted by atomic mass is 9.95. The number of piperidine rings is 1. The Kier molecular flexibility index (Phi) is 7.08. The summed E-state index contributed by atoms with van der Waals surface area (Å²) >= 11 is 0. The van der Waals surface area contributed by atoms with Gasteiger partial charge in [-0.05, 0) is 56.6 Å². The summed E-state index contributed by atoms with van der Waals surface area (Å²) in [6, 6.07) is 18.9. The van der Waals surface area contributed by atoms with E-state index in [0.717, 1.165) is 39.0 Å². The number of hydrogen-bond donors (Lipinski definition) is 1. The van der Waals surface area contributed by atoms with Gasteiger partial charge in [0.25, 0.3) is 0 Å². The number of likely N-dealkylation sites (N-methyl/N-ethyl adjacent to an activating group) is 1. The zero-order valence-corrected chi connectivity index (χ0v) is 19.0. The van der Waals surface area contributed by atoms with Crippen molar-refractivity contribution in [3.63, 3.8) is 0 Å². The molecule has 0 unspecified atom stereocenters. The fraction of sp³-hybridized carbons (Fsp3) is 0.500. The zero-order chi connectivity index (χ0) is 21.8. The van der Waals surface area contributed by atoms with Crippen molar-refractivity contribution in [2.24, 2.45) is 5.92 Å². The highest BCUT2D eigenvalue weighted by molar-refractivity contribution is 7.89. The Morgan fingerprint density at radius 2 is 1.58 bits per heavy atom. The summed E-state index contributed by atoms with van der Waals surface area (Å²) in [5.41, 5.74) is 1.35. The minimum atomic E-state index is -3.57. The number of aliphatic hydroxyl groups excluding tert-OH is 1. The van der Waals surface area contributed by atoms with Crippen LogP contribution in [0, 0.1) is 5.92 Å². The van der Waals surface area contributed by atoms with E-state index in [0.29, 0.717) is 12.5 Å². The summed E-state index contributed by atoms with van der Waals surface area (Å²) in [6.45, 7) is 4.53.